The van der Waals surface area contributed by atoms with E-state index in [-0.39, 0.29) is 17.7 Å². The lowest BCUT2D eigenvalue weighted by Gasteiger charge is -2.19. The van der Waals surface area contributed by atoms with Gasteiger partial charge in [0.05, 0.1) is 5.56 Å². The lowest BCUT2D eigenvalue weighted by atomic mass is 10.0. The van der Waals surface area contributed by atoms with Crippen molar-refractivity contribution in [2.75, 3.05) is 5.32 Å². The maximum Gasteiger partial charge on any atom is 0.416 e. The topological polar surface area (TPSA) is 114 Å². The van der Waals surface area contributed by atoms with Crippen LogP contribution in [0, 0.1) is 0 Å². The van der Waals surface area contributed by atoms with E-state index in [0.717, 1.165) is 28.8 Å². The Morgan fingerprint density at radius 1 is 0.973 bits per heavy atom. The number of hydrogen-bond acceptors (Lipinski definition) is 5. The first-order chi connectivity index (χ1) is 17.6. The molecule has 37 heavy (non-hydrogen) atoms. The molecule has 0 radical (unpaired) electrons. The number of carbonyl (C=O) groups excluding carboxylic acids is 1. The summed E-state index contributed by atoms with van der Waals surface area (Å²) in [5.74, 6) is -2.11. The van der Waals surface area contributed by atoms with Gasteiger partial charge in [0, 0.05) is 41.7 Å². The molecule has 0 aliphatic carbocycles. The van der Waals surface area contributed by atoms with Crippen LogP contribution in [0.5, 0.6) is 0 Å². The van der Waals surface area contributed by atoms with E-state index < -0.39 is 35.2 Å². The Bertz CT molecular complexity index is 1470. The Morgan fingerprint density at radius 2 is 1.62 bits per heavy atom. The van der Waals surface area contributed by atoms with E-state index in [2.05, 4.69) is 15.3 Å². The molecule has 0 spiro atoms. The van der Waals surface area contributed by atoms with Crippen molar-refractivity contribution in [1.82, 2.24) is 14.5 Å². The van der Waals surface area contributed by atoms with Crippen molar-refractivity contribution in [2.45, 2.75) is 18.6 Å². The number of rotatable bonds is 7. The Balaban J connectivity index is 1.76. The smallest absolute Gasteiger partial charge is 0.416 e. The number of anilines is 1. The van der Waals surface area contributed by atoms with Crippen molar-refractivity contribution in [2.24, 2.45) is 0 Å². The van der Waals surface area contributed by atoms with Crippen LogP contribution in [0.2, 0.25) is 0 Å². The van der Waals surface area contributed by atoms with E-state index in [1.54, 1.807) is 30.3 Å². The van der Waals surface area contributed by atoms with Crippen molar-refractivity contribution in [1.29, 1.82) is 0 Å². The highest BCUT2D eigenvalue weighted by molar-refractivity contribution is 6.04. The number of benzene rings is 2. The number of aromatic nitrogens is 3. The molecule has 2 heterocycles. The van der Waals surface area contributed by atoms with Gasteiger partial charge in [-0.3, -0.25) is 14.2 Å². The number of carboxylic acid groups (broad SMARTS) is 1. The molecule has 4 rings (SSSR count). The first kappa shape index (κ1) is 25.3. The number of aliphatic carboxylic acids is 1. The fraction of sp³-hybridized carbons (Fsp3) is 0.115. The minimum absolute atomic E-state index is 0.0168. The van der Waals surface area contributed by atoms with E-state index in [4.69, 9.17) is 0 Å². The van der Waals surface area contributed by atoms with E-state index in [0.29, 0.717) is 16.7 Å². The summed E-state index contributed by atoms with van der Waals surface area (Å²) in [6.45, 7) is 0. The van der Waals surface area contributed by atoms with E-state index in [1.165, 1.54) is 31.0 Å². The quantitative estimate of drug-likeness (QED) is 0.382. The highest BCUT2D eigenvalue weighted by atomic mass is 19.4. The van der Waals surface area contributed by atoms with Crippen LogP contribution in [0.3, 0.4) is 0 Å². The van der Waals surface area contributed by atoms with Gasteiger partial charge < -0.3 is 10.4 Å². The molecule has 0 saturated carbocycles. The zero-order valence-electron chi connectivity index (χ0n) is 19.0. The number of carboxylic acids is 1. The van der Waals surface area contributed by atoms with Gasteiger partial charge in [0.2, 0.25) is 0 Å². The van der Waals surface area contributed by atoms with Crippen LogP contribution in [-0.4, -0.2) is 31.5 Å². The first-order valence-electron chi connectivity index (χ1n) is 10.9. The van der Waals surface area contributed by atoms with Crippen LogP contribution in [0.4, 0.5) is 18.9 Å². The van der Waals surface area contributed by atoms with Gasteiger partial charge >= 0.3 is 12.1 Å². The molecule has 4 aromatic rings. The molecule has 11 heteroatoms. The maximum absolute atomic E-state index is 13.3. The molecule has 2 N–H and O–H groups in total. The summed E-state index contributed by atoms with van der Waals surface area (Å²) in [4.78, 5) is 46.2. The highest BCUT2D eigenvalue weighted by Crippen LogP contribution is 2.29. The normalized spacial score (nSPS) is 12.1. The van der Waals surface area contributed by atoms with E-state index in [1.807, 2.05) is 0 Å². The van der Waals surface area contributed by atoms with E-state index >= 15 is 0 Å². The summed E-state index contributed by atoms with van der Waals surface area (Å²) in [5, 5.41) is 12.4. The zero-order chi connectivity index (χ0) is 26.6. The van der Waals surface area contributed by atoms with Crippen molar-refractivity contribution in [3.8, 4) is 11.1 Å². The largest absolute Gasteiger partial charge is 0.480 e. The Hall–Kier alpha value is -4.80. The SMILES string of the molecule is O=C(Nc1cc(-c2cncnc2)cn(C(Cc2ccccc2)C(=O)O)c1=O)c1ccc(C(F)(F)F)cc1. The summed E-state index contributed by atoms with van der Waals surface area (Å²) < 4.78 is 39.6. The summed E-state index contributed by atoms with van der Waals surface area (Å²) in [6, 6.07) is 12.2. The minimum atomic E-state index is -4.57. The van der Waals surface area contributed by atoms with Crippen molar-refractivity contribution >= 4 is 17.6 Å². The number of hydrogen-bond donors (Lipinski definition) is 2. The maximum atomic E-state index is 13.3. The molecule has 0 aliphatic rings. The Morgan fingerprint density at radius 3 is 2.22 bits per heavy atom. The van der Waals surface area contributed by atoms with E-state index in [9.17, 15) is 32.7 Å². The molecule has 2 aromatic heterocycles. The second-order valence-electron chi connectivity index (χ2n) is 8.06. The van der Waals surface area contributed by atoms with Crippen LogP contribution in [0.15, 0.2) is 90.4 Å². The van der Waals surface area contributed by atoms with Gasteiger partial charge in [-0.2, -0.15) is 13.2 Å². The third-order valence-corrected chi connectivity index (χ3v) is 5.55. The zero-order valence-corrected chi connectivity index (χ0v) is 19.0. The molecule has 8 nitrogen and oxygen atoms in total. The molecule has 0 fully saturated rings. The number of halogens is 3. The molecule has 0 bridgehead atoms. The molecule has 1 atom stereocenters. The van der Waals surface area contributed by atoms with Gasteiger partial charge in [-0.1, -0.05) is 30.3 Å². The molecule has 2 aromatic carbocycles. The molecule has 1 unspecified atom stereocenters. The second-order valence-corrected chi connectivity index (χ2v) is 8.06. The standard InChI is InChI=1S/C26H19F3N4O4/c27-26(28,29)20-8-6-17(7-9-20)23(34)32-21-11-18(19-12-30-15-31-13-19)14-33(24(21)35)22(25(36)37)10-16-4-2-1-3-5-16/h1-9,11-15,22H,10H2,(H,32,34)(H,36,37). The summed E-state index contributed by atoms with van der Waals surface area (Å²) in [7, 11) is 0. The molecule has 188 valence electrons. The molecule has 0 aliphatic heterocycles. The predicted molar refractivity (Wildman–Crippen MR) is 128 cm³/mol. The molecule has 0 saturated heterocycles. The number of alkyl halides is 3. The van der Waals surface area contributed by atoms with Gasteiger partial charge in [0.1, 0.15) is 18.1 Å². The molecular weight excluding hydrogens is 489 g/mol. The third-order valence-electron chi connectivity index (χ3n) is 5.55. The number of carbonyl (C=O) groups is 2. The average molecular weight is 508 g/mol. The fourth-order valence-electron chi connectivity index (χ4n) is 3.68. The van der Waals surface area contributed by atoms with Gasteiger partial charge in [-0.05, 0) is 35.9 Å². The number of amides is 1. The minimum Gasteiger partial charge on any atom is -0.480 e. The summed E-state index contributed by atoms with van der Waals surface area (Å²) in [6.07, 6.45) is 0.951. The number of nitrogens with one attached hydrogen (secondary N) is 1. The van der Waals surface area contributed by atoms with Crippen molar-refractivity contribution in [3.63, 3.8) is 0 Å². The Kier molecular flexibility index (Phi) is 7.14. The fourth-order valence-corrected chi connectivity index (χ4v) is 3.68. The first-order valence-corrected chi connectivity index (χ1v) is 10.9. The highest BCUT2D eigenvalue weighted by Gasteiger charge is 2.30. The molecule has 1 amide bonds. The van der Waals surface area contributed by atoms with Crippen LogP contribution in [0.25, 0.3) is 11.1 Å². The Labute approximate surface area is 208 Å². The van der Waals surface area contributed by atoms with Gasteiger partial charge in [-0.25, -0.2) is 14.8 Å². The van der Waals surface area contributed by atoms with Crippen LogP contribution < -0.4 is 10.9 Å². The summed E-state index contributed by atoms with van der Waals surface area (Å²) >= 11 is 0. The number of nitrogens with zero attached hydrogens (tertiary/aromatic N) is 3. The van der Waals surface area contributed by atoms with Gasteiger partial charge in [-0.15, -0.1) is 0 Å². The summed E-state index contributed by atoms with van der Waals surface area (Å²) in [5.41, 5.74) is -0.637. The lowest BCUT2D eigenvalue weighted by molar-refractivity contribution is -0.141. The lowest BCUT2D eigenvalue weighted by Crippen LogP contribution is -2.33. The van der Waals surface area contributed by atoms with Gasteiger partial charge in [0.15, 0.2) is 0 Å². The second kappa shape index (κ2) is 10.4. The van der Waals surface area contributed by atoms with Crippen LogP contribution >= 0.6 is 0 Å². The van der Waals surface area contributed by atoms with Crippen molar-refractivity contribution in [3.05, 3.63) is 113 Å². The number of pyridine rings is 1. The third kappa shape index (κ3) is 5.89. The molecular formula is C26H19F3N4O4. The average Bonchev–Trinajstić information content (AvgIpc) is 2.89. The van der Waals surface area contributed by atoms with Crippen LogP contribution in [0.1, 0.15) is 27.5 Å². The van der Waals surface area contributed by atoms with Crippen LogP contribution in [-0.2, 0) is 17.4 Å². The van der Waals surface area contributed by atoms with Gasteiger partial charge in [0.25, 0.3) is 11.5 Å². The van der Waals surface area contributed by atoms with Crippen molar-refractivity contribution < 1.29 is 27.9 Å². The monoisotopic (exact) mass is 508 g/mol. The predicted octanol–water partition coefficient (Wildman–Crippen LogP) is 4.44.